The first kappa shape index (κ1) is 14.6. The van der Waals surface area contributed by atoms with Gasteiger partial charge in [-0.15, -0.1) is 0 Å². The predicted molar refractivity (Wildman–Crippen MR) is 83.5 cm³/mol. The van der Waals surface area contributed by atoms with E-state index in [0.29, 0.717) is 25.2 Å². The summed E-state index contributed by atoms with van der Waals surface area (Å²) in [4.78, 5) is 13.9. The molecule has 0 unspecified atom stereocenters. The lowest BCUT2D eigenvalue weighted by Gasteiger charge is -2.25. The predicted octanol–water partition coefficient (Wildman–Crippen LogP) is 1.85. The third kappa shape index (κ3) is 2.69. The molecule has 1 fully saturated rings. The molecule has 3 rings (SSSR count). The first-order valence-electron chi connectivity index (χ1n) is 7.31. The Kier molecular flexibility index (Phi) is 3.62. The maximum atomic E-state index is 12.3. The third-order valence-corrected chi connectivity index (χ3v) is 4.14. The van der Waals surface area contributed by atoms with Gasteiger partial charge in [-0.25, -0.2) is 4.79 Å². The van der Waals surface area contributed by atoms with Crippen LogP contribution in [0.25, 0.3) is 0 Å². The molecule has 22 heavy (non-hydrogen) atoms. The summed E-state index contributed by atoms with van der Waals surface area (Å²) in [5.41, 5.74) is 1.61. The van der Waals surface area contributed by atoms with Crippen molar-refractivity contribution in [2.75, 3.05) is 18.4 Å². The number of carbonyl (C=O) groups excluding carboxylic acids is 1. The summed E-state index contributed by atoms with van der Waals surface area (Å²) in [5.74, 6) is 0. The molecule has 6 heteroatoms. The number of carbonyl (C=O) groups is 1. The molecule has 0 bridgehead atoms. The molecule has 1 aromatic carbocycles. The van der Waals surface area contributed by atoms with Gasteiger partial charge in [0.2, 0.25) is 0 Å². The molecule has 2 heterocycles. The number of urea groups is 1. The molecular weight excluding hydrogens is 280 g/mol. The monoisotopic (exact) mass is 300 g/mol. The Morgan fingerprint density at radius 1 is 1.41 bits per heavy atom. The number of likely N-dealkylation sites (tertiary alicyclic amines) is 1. The highest BCUT2D eigenvalue weighted by Crippen LogP contribution is 2.33. The highest BCUT2D eigenvalue weighted by atomic mass is 16.3. The Bertz CT molecular complexity index is 697. The lowest BCUT2D eigenvalue weighted by atomic mass is 9.89. The highest BCUT2D eigenvalue weighted by Gasteiger charge is 2.40. The largest absolute Gasteiger partial charge is 0.383 e. The SMILES string of the molecule is Cc1ccccc1[C@]1(O)CCN(C(=O)Nc2cnn(C)c2)C1. The van der Waals surface area contributed by atoms with E-state index in [1.54, 1.807) is 29.0 Å². The summed E-state index contributed by atoms with van der Waals surface area (Å²) in [6.45, 7) is 2.80. The molecule has 2 aromatic rings. The van der Waals surface area contributed by atoms with Crippen LogP contribution in [0.4, 0.5) is 10.5 Å². The molecule has 1 aliphatic rings. The number of β-amino-alcohol motifs (C(OH)–C–C–N with tert-alkyl or cyclic N) is 1. The molecule has 0 radical (unpaired) electrons. The van der Waals surface area contributed by atoms with E-state index in [4.69, 9.17) is 0 Å². The Morgan fingerprint density at radius 3 is 2.86 bits per heavy atom. The van der Waals surface area contributed by atoms with Gasteiger partial charge in [-0.05, 0) is 24.5 Å². The van der Waals surface area contributed by atoms with Crippen LogP contribution in [0.3, 0.4) is 0 Å². The first-order chi connectivity index (χ1) is 10.5. The number of aliphatic hydroxyl groups is 1. The molecule has 0 spiro atoms. The fraction of sp³-hybridized carbons (Fsp3) is 0.375. The zero-order chi connectivity index (χ0) is 15.7. The van der Waals surface area contributed by atoms with E-state index < -0.39 is 5.60 Å². The standard InChI is InChI=1S/C16H20N4O2/c1-12-5-3-4-6-14(12)16(22)7-8-20(11-16)15(21)18-13-9-17-19(2)10-13/h3-6,9-10,22H,7-8,11H2,1-2H3,(H,18,21)/t16-/m0/s1. The Morgan fingerprint density at radius 2 is 2.18 bits per heavy atom. The summed E-state index contributed by atoms with van der Waals surface area (Å²) in [6, 6.07) is 7.56. The zero-order valence-corrected chi connectivity index (χ0v) is 12.8. The highest BCUT2D eigenvalue weighted by molar-refractivity contribution is 5.89. The Labute approximate surface area is 129 Å². The van der Waals surface area contributed by atoms with Crippen LogP contribution in [0, 0.1) is 6.92 Å². The molecule has 0 saturated carbocycles. The molecule has 6 nitrogen and oxygen atoms in total. The van der Waals surface area contributed by atoms with E-state index in [0.717, 1.165) is 11.1 Å². The summed E-state index contributed by atoms with van der Waals surface area (Å²) >= 11 is 0. The number of nitrogens with zero attached hydrogens (tertiary/aromatic N) is 3. The van der Waals surface area contributed by atoms with Gasteiger partial charge in [0, 0.05) is 19.8 Å². The number of aryl methyl sites for hydroxylation is 2. The van der Waals surface area contributed by atoms with Crippen LogP contribution in [0.2, 0.25) is 0 Å². The van der Waals surface area contributed by atoms with Crippen molar-refractivity contribution in [1.82, 2.24) is 14.7 Å². The third-order valence-electron chi connectivity index (χ3n) is 4.14. The average molecular weight is 300 g/mol. The summed E-state index contributed by atoms with van der Waals surface area (Å²) in [6.07, 6.45) is 3.88. The average Bonchev–Trinajstić information content (AvgIpc) is 3.06. The van der Waals surface area contributed by atoms with E-state index in [2.05, 4.69) is 10.4 Å². The van der Waals surface area contributed by atoms with Gasteiger partial charge < -0.3 is 15.3 Å². The van der Waals surface area contributed by atoms with Crippen molar-refractivity contribution in [2.24, 2.45) is 7.05 Å². The molecule has 116 valence electrons. The topological polar surface area (TPSA) is 70.4 Å². The summed E-state index contributed by atoms with van der Waals surface area (Å²) in [7, 11) is 1.79. The maximum Gasteiger partial charge on any atom is 0.322 e. The van der Waals surface area contributed by atoms with Crippen molar-refractivity contribution in [1.29, 1.82) is 0 Å². The van der Waals surface area contributed by atoms with Gasteiger partial charge in [0.1, 0.15) is 5.60 Å². The van der Waals surface area contributed by atoms with Gasteiger partial charge >= 0.3 is 6.03 Å². The lowest BCUT2D eigenvalue weighted by molar-refractivity contribution is 0.0494. The van der Waals surface area contributed by atoms with Crippen LogP contribution in [0.5, 0.6) is 0 Å². The van der Waals surface area contributed by atoms with Crippen LogP contribution in [0.1, 0.15) is 17.5 Å². The van der Waals surface area contributed by atoms with Crippen LogP contribution in [0.15, 0.2) is 36.7 Å². The summed E-state index contributed by atoms with van der Waals surface area (Å²) in [5, 5.41) is 17.7. The van der Waals surface area contributed by atoms with Crippen molar-refractivity contribution in [2.45, 2.75) is 18.9 Å². The molecule has 0 aliphatic carbocycles. The van der Waals surface area contributed by atoms with Crippen molar-refractivity contribution in [3.8, 4) is 0 Å². The lowest BCUT2D eigenvalue weighted by Crippen LogP contribution is -2.37. The number of rotatable bonds is 2. The fourth-order valence-electron chi connectivity index (χ4n) is 2.97. The first-order valence-corrected chi connectivity index (χ1v) is 7.31. The van der Waals surface area contributed by atoms with Gasteiger partial charge in [0.05, 0.1) is 18.4 Å². The molecular formula is C16H20N4O2. The van der Waals surface area contributed by atoms with Crippen LogP contribution in [-0.2, 0) is 12.6 Å². The molecule has 1 aliphatic heterocycles. The minimum absolute atomic E-state index is 0.211. The molecule has 1 aromatic heterocycles. The Hall–Kier alpha value is -2.34. The number of anilines is 1. The quantitative estimate of drug-likeness (QED) is 0.889. The number of hydrogen-bond donors (Lipinski definition) is 2. The van der Waals surface area contributed by atoms with E-state index >= 15 is 0 Å². The van der Waals surface area contributed by atoms with E-state index in [1.165, 1.54) is 0 Å². The second kappa shape index (κ2) is 5.46. The second-order valence-electron chi connectivity index (χ2n) is 5.85. The van der Waals surface area contributed by atoms with Crippen LogP contribution >= 0.6 is 0 Å². The normalized spacial score (nSPS) is 21.1. The zero-order valence-electron chi connectivity index (χ0n) is 12.8. The van der Waals surface area contributed by atoms with Crippen molar-refractivity contribution in [3.63, 3.8) is 0 Å². The van der Waals surface area contributed by atoms with E-state index in [9.17, 15) is 9.90 Å². The number of nitrogens with one attached hydrogen (secondary N) is 1. The second-order valence-corrected chi connectivity index (χ2v) is 5.85. The number of benzene rings is 1. The molecule has 2 N–H and O–H groups in total. The van der Waals surface area contributed by atoms with Crippen molar-refractivity contribution < 1.29 is 9.90 Å². The van der Waals surface area contributed by atoms with Gasteiger partial charge in [-0.3, -0.25) is 4.68 Å². The smallest absolute Gasteiger partial charge is 0.322 e. The van der Waals surface area contributed by atoms with E-state index in [-0.39, 0.29) is 6.03 Å². The summed E-state index contributed by atoms with van der Waals surface area (Å²) < 4.78 is 1.63. The minimum Gasteiger partial charge on any atom is -0.383 e. The van der Waals surface area contributed by atoms with Gasteiger partial charge in [-0.1, -0.05) is 24.3 Å². The maximum absolute atomic E-state index is 12.3. The van der Waals surface area contributed by atoms with Gasteiger partial charge in [0.25, 0.3) is 0 Å². The van der Waals surface area contributed by atoms with Crippen molar-refractivity contribution in [3.05, 3.63) is 47.8 Å². The van der Waals surface area contributed by atoms with Crippen LogP contribution < -0.4 is 5.32 Å². The molecule has 1 atom stereocenters. The van der Waals surface area contributed by atoms with Crippen LogP contribution in [-0.4, -0.2) is 38.9 Å². The fourth-order valence-corrected chi connectivity index (χ4v) is 2.97. The Balaban J connectivity index is 1.71. The van der Waals surface area contributed by atoms with E-state index in [1.807, 2.05) is 31.2 Å². The minimum atomic E-state index is -0.975. The van der Waals surface area contributed by atoms with Gasteiger partial charge in [-0.2, -0.15) is 5.10 Å². The number of aromatic nitrogens is 2. The molecule has 2 amide bonds. The number of amides is 2. The number of hydrogen-bond acceptors (Lipinski definition) is 3. The van der Waals surface area contributed by atoms with Gasteiger partial charge in [0.15, 0.2) is 0 Å². The molecule has 1 saturated heterocycles. The van der Waals surface area contributed by atoms with Crippen molar-refractivity contribution >= 4 is 11.7 Å².